The molecule has 0 bridgehead atoms. The van der Waals surface area contributed by atoms with Crippen molar-refractivity contribution in [2.24, 2.45) is 0 Å². The summed E-state index contributed by atoms with van der Waals surface area (Å²) in [5.74, 6) is -1.87. The molecular formula is C13H13NO6S. The van der Waals surface area contributed by atoms with Crippen molar-refractivity contribution in [3.05, 3.63) is 29.3 Å². The zero-order valence-electron chi connectivity index (χ0n) is 11.2. The summed E-state index contributed by atoms with van der Waals surface area (Å²) in [7, 11) is -4.05. The van der Waals surface area contributed by atoms with E-state index in [4.69, 9.17) is 9.84 Å². The third-order valence-corrected chi connectivity index (χ3v) is 5.83. The van der Waals surface area contributed by atoms with Gasteiger partial charge < -0.3 is 9.84 Å². The average molecular weight is 311 g/mol. The van der Waals surface area contributed by atoms with Gasteiger partial charge in [0.15, 0.2) is 0 Å². The highest BCUT2D eigenvalue weighted by molar-refractivity contribution is 7.90. The van der Waals surface area contributed by atoms with Crippen LogP contribution < -0.4 is 0 Å². The van der Waals surface area contributed by atoms with Crippen LogP contribution in [0.2, 0.25) is 0 Å². The Bertz CT molecular complexity index is 748. The maximum atomic E-state index is 12.6. The highest BCUT2D eigenvalue weighted by Crippen LogP contribution is 2.39. The van der Waals surface area contributed by atoms with Crippen molar-refractivity contribution in [3.8, 4) is 0 Å². The van der Waals surface area contributed by atoms with E-state index in [0.29, 0.717) is 13.0 Å². The van der Waals surface area contributed by atoms with E-state index in [9.17, 15) is 18.0 Å². The summed E-state index contributed by atoms with van der Waals surface area (Å²) in [6, 6.07) is 3.51. The molecule has 0 saturated carbocycles. The van der Waals surface area contributed by atoms with E-state index in [0.717, 1.165) is 10.4 Å². The summed E-state index contributed by atoms with van der Waals surface area (Å²) >= 11 is 0. The van der Waals surface area contributed by atoms with Gasteiger partial charge in [-0.2, -0.15) is 0 Å². The Balaban J connectivity index is 2.17. The van der Waals surface area contributed by atoms with Gasteiger partial charge in [0.2, 0.25) is 0 Å². The van der Waals surface area contributed by atoms with Crippen molar-refractivity contribution in [2.75, 3.05) is 13.2 Å². The second-order valence-corrected chi connectivity index (χ2v) is 7.15. The predicted octanol–water partition coefficient (Wildman–Crippen LogP) is 0.708. The second-order valence-electron chi connectivity index (χ2n) is 5.39. The van der Waals surface area contributed by atoms with Crippen LogP contribution in [0.5, 0.6) is 0 Å². The standard InChI is InChI=1S/C13H13NO6S/c1-13(4-5-20-7-13)14-11(15)9-3-2-8(12(16)17)6-10(9)21(14,18)19/h2-3,6H,4-5,7H2,1H3,(H,16,17). The maximum Gasteiger partial charge on any atom is 0.335 e. The molecule has 1 amide bonds. The number of ether oxygens (including phenoxy) is 1. The Morgan fingerprint density at radius 1 is 1.43 bits per heavy atom. The molecule has 1 N–H and O–H groups in total. The molecule has 1 fully saturated rings. The molecule has 0 radical (unpaired) electrons. The summed E-state index contributed by atoms with van der Waals surface area (Å²) in [5.41, 5.74) is -1.09. The number of amides is 1. The van der Waals surface area contributed by atoms with Crippen LogP contribution in [0.4, 0.5) is 0 Å². The van der Waals surface area contributed by atoms with E-state index in [2.05, 4.69) is 0 Å². The second kappa shape index (κ2) is 4.28. The van der Waals surface area contributed by atoms with Gasteiger partial charge in [-0.25, -0.2) is 17.5 Å². The van der Waals surface area contributed by atoms with Crippen LogP contribution in [-0.4, -0.2) is 48.5 Å². The first kappa shape index (κ1) is 14.0. The van der Waals surface area contributed by atoms with Crippen LogP contribution in [0, 0.1) is 0 Å². The number of carboxylic acid groups (broad SMARTS) is 1. The van der Waals surface area contributed by atoms with Gasteiger partial charge in [-0.05, 0) is 31.5 Å². The molecule has 1 aromatic rings. The van der Waals surface area contributed by atoms with Crippen molar-refractivity contribution >= 4 is 21.9 Å². The lowest BCUT2D eigenvalue weighted by molar-refractivity contribution is 0.0691. The quantitative estimate of drug-likeness (QED) is 0.863. The highest BCUT2D eigenvalue weighted by atomic mass is 32.2. The number of hydrogen-bond donors (Lipinski definition) is 1. The fourth-order valence-electron chi connectivity index (χ4n) is 2.71. The molecule has 21 heavy (non-hydrogen) atoms. The summed E-state index contributed by atoms with van der Waals surface area (Å²) in [6.45, 7) is 2.17. The minimum atomic E-state index is -4.05. The van der Waals surface area contributed by atoms with Crippen molar-refractivity contribution < 1.29 is 27.9 Å². The summed E-state index contributed by atoms with van der Waals surface area (Å²) in [6.07, 6.45) is 0.414. The van der Waals surface area contributed by atoms with Gasteiger partial charge in [-0.1, -0.05) is 0 Å². The third kappa shape index (κ3) is 1.86. The van der Waals surface area contributed by atoms with Crippen LogP contribution in [-0.2, 0) is 14.8 Å². The number of carbonyl (C=O) groups is 2. The van der Waals surface area contributed by atoms with Crippen molar-refractivity contribution in [2.45, 2.75) is 23.8 Å². The zero-order chi connectivity index (χ0) is 15.4. The number of sulfonamides is 1. The van der Waals surface area contributed by atoms with Gasteiger partial charge >= 0.3 is 5.97 Å². The monoisotopic (exact) mass is 311 g/mol. The molecule has 1 aromatic carbocycles. The van der Waals surface area contributed by atoms with E-state index in [1.54, 1.807) is 6.92 Å². The lowest BCUT2D eigenvalue weighted by Gasteiger charge is -2.32. The molecule has 0 aromatic heterocycles. The summed E-state index contributed by atoms with van der Waals surface area (Å²) in [4.78, 5) is 23.2. The van der Waals surface area contributed by atoms with Crippen molar-refractivity contribution in [1.29, 1.82) is 0 Å². The van der Waals surface area contributed by atoms with Crippen LogP contribution >= 0.6 is 0 Å². The largest absolute Gasteiger partial charge is 0.478 e. The molecule has 1 saturated heterocycles. The van der Waals surface area contributed by atoms with E-state index in [1.165, 1.54) is 12.1 Å². The summed E-state index contributed by atoms with van der Waals surface area (Å²) in [5, 5.41) is 8.97. The molecule has 8 heteroatoms. The summed E-state index contributed by atoms with van der Waals surface area (Å²) < 4.78 is 31.3. The number of fused-ring (bicyclic) bond motifs is 1. The lowest BCUT2D eigenvalue weighted by atomic mass is 10.0. The molecule has 1 unspecified atom stereocenters. The minimum Gasteiger partial charge on any atom is -0.478 e. The van der Waals surface area contributed by atoms with Crippen molar-refractivity contribution in [3.63, 3.8) is 0 Å². The predicted molar refractivity (Wildman–Crippen MR) is 70.6 cm³/mol. The Hall–Kier alpha value is -1.93. The average Bonchev–Trinajstić information content (AvgIpc) is 2.91. The van der Waals surface area contributed by atoms with Gasteiger partial charge in [0.25, 0.3) is 15.9 Å². The molecule has 2 aliphatic heterocycles. The Morgan fingerprint density at radius 2 is 2.14 bits per heavy atom. The van der Waals surface area contributed by atoms with Crippen LogP contribution in [0.1, 0.15) is 34.1 Å². The van der Waals surface area contributed by atoms with Crippen LogP contribution in [0.25, 0.3) is 0 Å². The van der Waals surface area contributed by atoms with E-state index in [1.807, 2.05) is 0 Å². The lowest BCUT2D eigenvalue weighted by Crippen LogP contribution is -2.50. The zero-order valence-corrected chi connectivity index (χ0v) is 12.0. The first-order chi connectivity index (χ1) is 9.77. The number of nitrogens with zero attached hydrogens (tertiary/aromatic N) is 1. The number of rotatable bonds is 2. The minimum absolute atomic E-state index is 0.00752. The number of carboxylic acids is 1. The first-order valence-corrected chi connectivity index (χ1v) is 7.76. The SMILES string of the molecule is CC1(N2C(=O)c3ccc(C(=O)O)cc3S2(=O)=O)CCOC1. The smallest absolute Gasteiger partial charge is 0.335 e. The normalized spacial score (nSPS) is 26.9. The van der Waals surface area contributed by atoms with Gasteiger partial charge in [0.05, 0.1) is 23.3 Å². The molecule has 7 nitrogen and oxygen atoms in total. The topological polar surface area (TPSA) is 101 Å². The van der Waals surface area contributed by atoms with Crippen LogP contribution in [0.3, 0.4) is 0 Å². The molecule has 2 heterocycles. The number of benzene rings is 1. The molecule has 2 aliphatic rings. The molecule has 0 spiro atoms. The van der Waals surface area contributed by atoms with Gasteiger partial charge in [0.1, 0.15) is 4.90 Å². The molecular weight excluding hydrogens is 298 g/mol. The Morgan fingerprint density at radius 3 is 2.71 bits per heavy atom. The number of hydrogen-bond acceptors (Lipinski definition) is 5. The van der Waals surface area contributed by atoms with E-state index in [-0.39, 0.29) is 22.6 Å². The van der Waals surface area contributed by atoms with Crippen molar-refractivity contribution in [1.82, 2.24) is 4.31 Å². The molecule has 0 aliphatic carbocycles. The Labute approximate surface area is 121 Å². The van der Waals surface area contributed by atoms with Gasteiger partial charge in [-0.3, -0.25) is 4.79 Å². The highest BCUT2D eigenvalue weighted by Gasteiger charge is 2.52. The van der Waals surface area contributed by atoms with Gasteiger partial charge in [0, 0.05) is 6.61 Å². The van der Waals surface area contributed by atoms with E-state index < -0.39 is 27.4 Å². The first-order valence-electron chi connectivity index (χ1n) is 6.32. The number of carbonyl (C=O) groups excluding carboxylic acids is 1. The molecule has 1 atom stereocenters. The van der Waals surface area contributed by atoms with Gasteiger partial charge in [-0.15, -0.1) is 0 Å². The van der Waals surface area contributed by atoms with E-state index >= 15 is 0 Å². The number of aromatic carboxylic acids is 1. The molecule has 112 valence electrons. The Kier molecular flexibility index (Phi) is 2.86. The van der Waals surface area contributed by atoms with Crippen LogP contribution in [0.15, 0.2) is 23.1 Å². The third-order valence-electron chi connectivity index (χ3n) is 3.85. The maximum absolute atomic E-state index is 12.6. The fraction of sp³-hybridized carbons (Fsp3) is 0.385. The molecule has 3 rings (SSSR count). The fourth-order valence-corrected chi connectivity index (χ4v) is 4.66.